The van der Waals surface area contributed by atoms with Gasteiger partial charge in [-0.3, -0.25) is 5.41 Å². The minimum absolute atomic E-state index is 0.0540. The van der Waals surface area contributed by atoms with Crippen LogP contribution in [0.25, 0.3) is 11.1 Å². The molecule has 0 radical (unpaired) electrons. The van der Waals surface area contributed by atoms with E-state index in [4.69, 9.17) is 15.9 Å². The summed E-state index contributed by atoms with van der Waals surface area (Å²) in [7, 11) is 1.30. The van der Waals surface area contributed by atoms with E-state index in [1.165, 1.54) is 13.2 Å². The number of methoxy groups -OCH3 is 1. The number of carbonyl (C=O) groups is 2. The Hall–Kier alpha value is -4.13. The van der Waals surface area contributed by atoms with Crippen molar-refractivity contribution in [2.24, 2.45) is 5.73 Å². The first-order chi connectivity index (χ1) is 14.4. The Bertz CT molecular complexity index is 1090. The summed E-state index contributed by atoms with van der Waals surface area (Å²) in [5.41, 5.74) is 8.50. The van der Waals surface area contributed by atoms with Crippen molar-refractivity contribution in [1.82, 2.24) is 0 Å². The number of esters is 1. The molecule has 3 rings (SSSR count). The number of benzene rings is 3. The van der Waals surface area contributed by atoms with Crippen LogP contribution in [0.1, 0.15) is 27.5 Å². The number of carboxylic acids is 1. The average molecular weight is 403 g/mol. The van der Waals surface area contributed by atoms with Gasteiger partial charge < -0.3 is 20.9 Å². The summed E-state index contributed by atoms with van der Waals surface area (Å²) >= 11 is 0. The van der Waals surface area contributed by atoms with Crippen LogP contribution < -0.4 is 11.1 Å². The molecule has 0 amide bonds. The number of nitrogen functional groups attached to an aromatic ring is 1. The van der Waals surface area contributed by atoms with Crippen LogP contribution in [-0.4, -0.2) is 30.0 Å². The van der Waals surface area contributed by atoms with Crippen LogP contribution in [0, 0.1) is 5.41 Å². The number of amidine groups is 1. The van der Waals surface area contributed by atoms with E-state index in [0.717, 1.165) is 0 Å². The predicted molar refractivity (Wildman–Crippen MR) is 115 cm³/mol. The van der Waals surface area contributed by atoms with Crippen molar-refractivity contribution < 1.29 is 19.4 Å². The molecular weight excluding hydrogens is 382 g/mol. The summed E-state index contributed by atoms with van der Waals surface area (Å²) in [6.07, 6.45) is 0. The Labute approximate surface area is 173 Å². The van der Waals surface area contributed by atoms with E-state index in [1.54, 1.807) is 66.7 Å². The number of anilines is 1. The van der Waals surface area contributed by atoms with Crippen molar-refractivity contribution in [2.75, 3.05) is 12.4 Å². The summed E-state index contributed by atoms with van der Waals surface area (Å²) in [5.74, 6) is -1.63. The maximum Gasteiger partial charge on any atom is 0.336 e. The molecule has 0 aliphatic heterocycles. The Morgan fingerprint density at radius 3 is 2.17 bits per heavy atom. The lowest BCUT2D eigenvalue weighted by Crippen LogP contribution is -2.23. The fourth-order valence-corrected chi connectivity index (χ4v) is 3.19. The van der Waals surface area contributed by atoms with Crippen molar-refractivity contribution in [3.63, 3.8) is 0 Å². The van der Waals surface area contributed by atoms with Gasteiger partial charge in [-0.1, -0.05) is 42.5 Å². The van der Waals surface area contributed by atoms with Gasteiger partial charge in [0.15, 0.2) is 6.04 Å². The highest BCUT2D eigenvalue weighted by Crippen LogP contribution is 2.33. The highest BCUT2D eigenvalue weighted by molar-refractivity contribution is 5.97. The van der Waals surface area contributed by atoms with Crippen LogP contribution in [0.5, 0.6) is 0 Å². The summed E-state index contributed by atoms with van der Waals surface area (Å²) in [6.45, 7) is 0. The van der Waals surface area contributed by atoms with Gasteiger partial charge in [-0.05, 0) is 47.0 Å². The molecular formula is C23H21N3O4. The van der Waals surface area contributed by atoms with Crippen LogP contribution in [0.2, 0.25) is 0 Å². The van der Waals surface area contributed by atoms with E-state index in [9.17, 15) is 14.7 Å². The monoisotopic (exact) mass is 403 g/mol. The van der Waals surface area contributed by atoms with Gasteiger partial charge in [-0.2, -0.15) is 0 Å². The molecule has 7 nitrogen and oxygen atoms in total. The third-order valence-electron chi connectivity index (χ3n) is 4.66. The van der Waals surface area contributed by atoms with Crippen LogP contribution in [0.15, 0.2) is 72.8 Å². The molecule has 0 spiro atoms. The first kappa shape index (κ1) is 20.6. The normalized spacial score (nSPS) is 11.4. The Balaban J connectivity index is 2.07. The van der Waals surface area contributed by atoms with Gasteiger partial charge in [-0.15, -0.1) is 0 Å². The fraction of sp³-hybridized carbons (Fsp3) is 0.0870. The molecule has 0 heterocycles. The Morgan fingerprint density at radius 2 is 1.57 bits per heavy atom. The molecule has 152 valence electrons. The van der Waals surface area contributed by atoms with Crippen LogP contribution in [0.4, 0.5) is 5.69 Å². The van der Waals surface area contributed by atoms with E-state index in [0.29, 0.717) is 27.9 Å². The first-order valence-electron chi connectivity index (χ1n) is 9.12. The van der Waals surface area contributed by atoms with Gasteiger partial charge in [0.05, 0.1) is 12.7 Å². The molecule has 1 atom stereocenters. The SMILES string of the molecule is COC(=O)C(Nc1ccc(C(=N)N)cc1)c1ccccc1-c1ccccc1C(=O)O. The zero-order chi connectivity index (χ0) is 21.7. The van der Waals surface area contributed by atoms with E-state index in [-0.39, 0.29) is 11.4 Å². The number of ether oxygens (including phenoxy) is 1. The van der Waals surface area contributed by atoms with Gasteiger partial charge in [-0.25, -0.2) is 9.59 Å². The molecule has 0 fully saturated rings. The molecule has 1 unspecified atom stereocenters. The van der Waals surface area contributed by atoms with Crippen LogP contribution in [-0.2, 0) is 9.53 Å². The highest BCUT2D eigenvalue weighted by Gasteiger charge is 2.26. The second-order valence-electron chi connectivity index (χ2n) is 6.53. The van der Waals surface area contributed by atoms with Gasteiger partial charge in [0.25, 0.3) is 0 Å². The summed E-state index contributed by atoms with van der Waals surface area (Å²) in [4.78, 5) is 24.3. The molecule has 0 saturated heterocycles. The quantitative estimate of drug-likeness (QED) is 0.271. The number of carbonyl (C=O) groups excluding carboxylic acids is 1. The topological polar surface area (TPSA) is 126 Å². The number of hydrogen-bond donors (Lipinski definition) is 4. The second-order valence-corrected chi connectivity index (χ2v) is 6.53. The third-order valence-corrected chi connectivity index (χ3v) is 4.66. The van der Waals surface area contributed by atoms with Gasteiger partial charge >= 0.3 is 11.9 Å². The minimum atomic E-state index is -1.05. The number of nitrogens with two attached hydrogens (primary N) is 1. The maximum atomic E-state index is 12.6. The molecule has 0 saturated carbocycles. The molecule has 0 bridgehead atoms. The van der Waals surface area contributed by atoms with Crippen molar-refractivity contribution in [3.05, 3.63) is 89.5 Å². The van der Waals surface area contributed by atoms with Crippen LogP contribution in [0.3, 0.4) is 0 Å². The molecule has 0 aliphatic carbocycles. The molecule has 5 N–H and O–H groups in total. The number of aromatic carboxylic acids is 1. The minimum Gasteiger partial charge on any atom is -0.478 e. The summed E-state index contributed by atoms with van der Waals surface area (Å²) in [6, 6.07) is 19.6. The van der Waals surface area contributed by atoms with Gasteiger partial charge in [0.1, 0.15) is 5.84 Å². The third kappa shape index (κ3) is 4.30. The average Bonchev–Trinajstić information content (AvgIpc) is 2.77. The standard InChI is InChI=1S/C23H21N3O4/c1-30-23(29)20(26-15-12-10-14(11-13-15)21(24)25)18-8-4-2-6-16(18)17-7-3-5-9-19(17)22(27)28/h2-13,20,26H,1H3,(H3,24,25)(H,27,28). The lowest BCUT2D eigenvalue weighted by Gasteiger charge is -2.22. The number of hydrogen-bond acceptors (Lipinski definition) is 5. The Kier molecular flexibility index (Phi) is 6.12. The number of carboxylic acid groups (broad SMARTS) is 1. The molecule has 0 aliphatic rings. The van der Waals surface area contributed by atoms with E-state index in [1.807, 2.05) is 0 Å². The zero-order valence-electron chi connectivity index (χ0n) is 16.3. The lowest BCUT2D eigenvalue weighted by atomic mass is 9.91. The molecule has 3 aromatic carbocycles. The number of rotatable bonds is 7. The van der Waals surface area contributed by atoms with Gasteiger partial charge in [0.2, 0.25) is 0 Å². The maximum absolute atomic E-state index is 12.6. The number of nitrogens with one attached hydrogen (secondary N) is 2. The smallest absolute Gasteiger partial charge is 0.336 e. The lowest BCUT2D eigenvalue weighted by molar-refractivity contribution is -0.141. The van der Waals surface area contributed by atoms with E-state index >= 15 is 0 Å². The predicted octanol–water partition coefficient (Wildman–Crippen LogP) is 3.66. The molecule has 3 aromatic rings. The summed E-state index contributed by atoms with van der Waals surface area (Å²) < 4.78 is 5.00. The largest absolute Gasteiger partial charge is 0.478 e. The van der Waals surface area contributed by atoms with Crippen molar-refractivity contribution in [2.45, 2.75) is 6.04 Å². The second kappa shape index (κ2) is 8.91. The fourth-order valence-electron chi connectivity index (χ4n) is 3.19. The molecule has 0 aromatic heterocycles. The van der Waals surface area contributed by atoms with Crippen molar-refractivity contribution >= 4 is 23.5 Å². The molecule has 7 heteroatoms. The zero-order valence-corrected chi connectivity index (χ0v) is 16.3. The van der Waals surface area contributed by atoms with E-state index in [2.05, 4.69) is 5.32 Å². The van der Waals surface area contributed by atoms with Crippen molar-refractivity contribution in [3.8, 4) is 11.1 Å². The van der Waals surface area contributed by atoms with Crippen molar-refractivity contribution in [1.29, 1.82) is 5.41 Å². The molecule has 30 heavy (non-hydrogen) atoms. The highest BCUT2D eigenvalue weighted by atomic mass is 16.5. The summed E-state index contributed by atoms with van der Waals surface area (Å²) in [5, 5.41) is 20.2. The van der Waals surface area contributed by atoms with Crippen LogP contribution >= 0.6 is 0 Å². The first-order valence-corrected chi connectivity index (χ1v) is 9.12. The van der Waals surface area contributed by atoms with Gasteiger partial charge in [0, 0.05) is 11.3 Å². The Morgan fingerprint density at radius 1 is 0.967 bits per heavy atom. The van der Waals surface area contributed by atoms with E-state index < -0.39 is 18.0 Å².